The predicted octanol–water partition coefficient (Wildman–Crippen LogP) is 5.22. The van der Waals surface area contributed by atoms with Crippen molar-refractivity contribution in [2.24, 2.45) is 0 Å². The van der Waals surface area contributed by atoms with Gasteiger partial charge in [0, 0.05) is 5.39 Å². The second kappa shape index (κ2) is 6.96. The van der Waals surface area contributed by atoms with E-state index in [4.69, 9.17) is 16.3 Å². The van der Waals surface area contributed by atoms with E-state index in [1.165, 1.54) is 6.92 Å². The summed E-state index contributed by atoms with van der Waals surface area (Å²) >= 11 is 5.58. The minimum Gasteiger partial charge on any atom is -0.442 e. The van der Waals surface area contributed by atoms with E-state index in [0.717, 1.165) is 10.7 Å². The SMILES string of the molecule is CC.Cc1nn(C(=O)OC(C)(C)C)c2nc(Cl)c(C(F)(F)F)cc12. The van der Waals surface area contributed by atoms with Gasteiger partial charge in [0.2, 0.25) is 0 Å². The summed E-state index contributed by atoms with van der Waals surface area (Å²) in [7, 11) is 0. The van der Waals surface area contributed by atoms with Crippen molar-refractivity contribution in [1.82, 2.24) is 14.8 Å². The lowest BCUT2D eigenvalue weighted by atomic mass is 10.2. The molecule has 0 saturated heterocycles. The molecule has 0 aromatic carbocycles. The summed E-state index contributed by atoms with van der Waals surface area (Å²) in [5.41, 5.74) is -1.72. The molecule has 0 saturated carbocycles. The van der Waals surface area contributed by atoms with E-state index < -0.39 is 28.6 Å². The molecule has 0 aliphatic carbocycles. The summed E-state index contributed by atoms with van der Waals surface area (Å²) in [6, 6.07) is 0.827. The van der Waals surface area contributed by atoms with Crippen LogP contribution in [0.2, 0.25) is 5.15 Å². The highest BCUT2D eigenvalue weighted by molar-refractivity contribution is 6.30. The lowest BCUT2D eigenvalue weighted by Crippen LogP contribution is -2.28. The van der Waals surface area contributed by atoms with Gasteiger partial charge in [0.25, 0.3) is 0 Å². The average molecular weight is 366 g/mol. The third kappa shape index (κ3) is 4.37. The normalized spacial score (nSPS) is 11.9. The zero-order valence-electron chi connectivity index (χ0n) is 14.2. The Morgan fingerprint density at radius 3 is 2.25 bits per heavy atom. The van der Waals surface area contributed by atoms with Crippen molar-refractivity contribution in [3.05, 3.63) is 22.5 Å². The zero-order chi connectivity index (χ0) is 18.9. The fourth-order valence-electron chi connectivity index (χ4n) is 1.79. The molecule has 0 spiro atoms. The van der Waals surface area contributed by atoms with Gasteiger partial charge in [0.1, 0.15) is 10.8 Å². The van der Waals surface area contributed by atoms with Crippen LogP contribution in [0.5, 0.6) is 0 Å². The molecule has 134 valence electrons. The van der Waals surface area contributed by atoms with Crippen LogP contribution in [0.15, 0.2) is 6.07 Å². The van der Waals surface area contributed by atoms with Crippen molar-refractivity contribution in [3.8, 4) is 0 Å². The lowest BCUT2D eigenvalue weighted by molar-refractivity contribution is -0.137. The van der Waals surface area contributed by atoms with Crippen molar-refractivity contribution in [1.29, 1.82) is 0 Å². The molecule has 0 fully saturated rings. The van der Waals surface area contributed by atoms with Gasteiger partial charge in [0.05, 0.1) is 11.3 Å². The molecule has 2 aromatic heterocycles. The molecule has 24 heavy (non-hydrogen) atoms. The van der Waals surface area contributed by atoms with Gasteiger partial charge in [-0.05, 0) is 33.8 Å². The maximum atomic E-state index is 12.9. The molecule has 2 aromatic rings. The summed E-state index contributed by atoms with van der Waals surface area (Å²) in [6.07, 6.45) is -5.48. The van der Waals surface area contributed by atoms with E-state index in [0.29, 0.717) is 0 Å². The van der Waals surface area contributed by atoms with E-state index in [1.54, 1.807) is 20.8 Å². The number of aromatic nitrogens is 3. The van der Waals surface area contributed by atoms with E-state index in [2.05, 4.69) is 10.1 Å². The van der Waals surface area contributed by atoms with Gasteiger partial charge in [-0.1, -0.05) is 25.4 Å². The van der Waals surface area contributed by atoms with E-state index in [-0.39, 0.29) is 16.7 Å². The third-order valence-electron chi connectivity index (χ3n) is 2.67. The molecular weight excluding hydrogens is 347 g/mol. The number of alkyl halides is 3. The lowest BCUT2D eigenvalue weighted by Gasteiger charge is -2.19. The monoisotopic (exact) mass is 365 g/mol. The topological polar surface area (TPSA) is 57.0 Å². The van der Waals surface area contributed by atoms with Gasteiger partial charge < -0.3 is 4.74 Å². The first-order valence-electron chi connectivity index (χ1n) is 7.26. The van der Waals surface area contributed by atoms with Crippen LogP contribution in [0.25, 0.3) is 11.0 Å². The zero-order valence-corrected chi connectivity index (χ0v) is 15.0. The Hall–Kier alpha value is -1.83. The fraction of sp³-hybridized carbons (Fsp3) is 0.533. The van der Waals surface area contributed by atoms with Gasteiger partial charge in [-0.3, -0.25) is 0 Å². The Balaban J connectivity index is 0.00000139. The van der Waals surface area contributed by atoms with Crippen molar-refractivity contribution in [2.75, 3.05) is 0 Å². The number of hydrogen-bond donors (Lipinski definition) is 0. The number of hydrogen-bond acceptors (Lipinski definition) is 4. The Bertz CT molecular complexity index is 749. The number of carbonyl (C=O) groups is 1. The Kier molecular flexibility index (Phi) is 5.86. The molecule has 9 heteroatoms. The van der Waals surface area contributed by atoms with Gasteiger partial charge in [-0.25, -0.2) is 9.78 Å². The molecule has 0 N–H and O–H groups in total. The fourth-order valence-corrected chi connectivity index (χ4v) is 2.03. The summed E-state index contributed by atoms with van der Waals surface area (Å²) in [6.45, 7) is 10.4. The van der Waals surface area contributed by atoms with Crippen LogP contribution in [0, 0.1) is 6.92 Å². The predicted molar refractivity (Wildman–Crippen MR) is 85.3 cm³/mol. The molecule has 0 unspecified atom stereocenters. The Morgan fingerprint density at radius 1 is 1.25 bits per heavy atom. The van der Waals surface area contributed by atoms with Crippen LogP contribution in [0.4, 0.5) is 18.0 Å². The number of aryl methyl sites for hydroxylation is 1. The molecule has 0 aliphatic rings. The maximum Gasteiger partial charge on any atom is 0.437 e. The number of ether oxygens (including phenoxy) is 1. The third-order valence-corrected chi connectivity index (χ3v) is 2.96. The van der Waals surface area contributed by atoms with Crippen LogP contribution in [-0.2, 0) is 10.9 Å². The number of rotatable bonds is 0. The van der Waals surface area contributed by atoms with Crippen LogP contribution < -0.4 is 0 Å². The van der Waals surface area contributed by atoms with Crippen molar-refractivity contribution >= 4 is 28.7 Å². The van der Waals surface area contributed by atoms with Crippen LogP contribution in [0.1, 0.15) is 45.9 Å². The largest absolute Gasteiger partial charge is 0.442 e. The standard InChI is InChI=1S/C13H13ClF3N3O2.C2H6/c1-6-7-5-8(13(15,16)17)9(14)18-10(7)20(19-6)11(21)22-12(2,3)4;1-2/h5H,1-4H3;1-2H3. The maximum absolute atomic E-state index is 12.9. The molecule has 0 radical (unpaired) electrons. The molecule has 0 bridgehead atoms. The highest BCUT2D eigenvalue weighted by atomic mass is 35.5. The minimum absolute atomic E-state index is 0.0789. The Labute approximate surface area is 142 Å². The molecule has 2 heterocycles. The first-order chi connectivity index (χ1) is 10.9. The van der Waals surface area contributed by atoms with Crippen molar-refractivity contribution < 1.29 is 22.7 Å². The van der Waals surface area contributed by atoms with Crippen LogP contribution >= 0.6 is 11.6 Å². The number of halogens is 4. The summed E-state index contributed by atoms with van der Waals surface area (Å²) in [4.78, 5) is 15.7. The summed E-state index contributed by atoms with van der Waals surface area (Å²) in [5, 5.41) is 3.23. The van der Waals surface area contributed by atoms with Gasteiger partial charge in [-0.15, -0.1) is 4.68 Å². The minimum atomic E-state index is -4.64. The quantitative estimate of drug-likeness (QED) is 0.600. The van der Waals surface area contributed by atoms with Crippen LogP contribution in [-0.4, -0.2) is 26.5 Å². The first kappa shape index (κ1) is 20.2. The van der Waals surface area contributed by atoms with Gasteiger partial charge >= 0.3 is 12.3 Å². The molecule has 0 aliphatic heterocycles. The smallest absolute Gasteiger partial charge is 0.437 e. The molecule has 0 amide bonds. The highest BCUT2D eigenvalue weighted by Crippen LogP contribution is 2.36. The Morgan fingerprint density at radius 2 is 1.79 bits per heavy atom. The first-order valence-corrected chi connectivity index (χ1v) is 7.64. The molecule has 0 atom stereocenters. The molecule has 5 nitrogen and oxygen atoms in total. The summed E-state index contributed by atoms with van der Waals surface area (Å²) in [5.74, 6) is 0. The number of fused-ring (bicyclic) bond motifs is 1. The van der Waals surface area contributed by atoms with E-state index in [1.807, 2.05) is 13.8 Å². The second-order valence-corrected chi connectivity index (χ2v) is 6.03. The summed E-state index contributed by atoms with van der Waals surface area (Å²) < 4.78 is 44.5. The number of nitrogens with zero attached hydrogens (tertiary/aromatic N) is 3. The van der Waals surface area contributed by atoms with Gasteiger partial charge in [-0.2, -0.15) is 18.3 Å². The van der Waals surface area contributed by atoms with Gasteiger partial charge in [0.15, 0.2) is 5.65 Å². The second-order valence-electron chi connectivity index (χ2n) is 5.67. The highest BCUT2D eigenvalue weighted by Gasteiger charge is 2.35. The van der Waals surface area contributed by atoms with Crippen LogP contribution in [0.3, 0.4) is 0 Å². The molecular formula is C15H19ClF3N3O2. The average Bonchev–Trinajstić information content (AvgIpc) is 2.74. The van der Waals surface area contributed by atoms with Crippen molar-refractivity contribution in [3.63, 3.8) is 0 Å². The molecule has 2 rings (SSSR count). The van der Waals surface area contributed by atoms with Crippen molar-refractivity contribution in [2.45, 2.75) is 53.3 Å². The van der Waals surface area contributed by atoms with E-state index in [9.17, 15) is 18.0 Å². The number of pyridine rings is 1. The van der Waals surface area contributed by atoms with E-state index >= 15 is 0 Å². The number of carbonyl (C=O) groups excluding carboxylic acids is 1.